The Hall–Kier alpha value is -1.93. The van der Waals surface area contributed by atoms with Crippen LogP contribution in [0.5, 0.6) is 0 Å². The van der Waals surface area contributed by atoms with Crippen LogP contribution in [0, 0.1) is 17.1 Å². The smallest absolute Gasteiger partial charge is 0.180 e. The summed E-state index contributed by atoms with van der Waals surface area (Å²) >= 11 is 1.39. The van der Waals surface area contributed by atoms with Gasteiger partial charge in [-0.2, -0.15) is 5.26 Å². The topological polar surface area (TPSA) is 62.7 Å². The molecule has 2 rings (SSSR count). The summed E-state index contributed by atoms with van der Waals surface area (Å²) in [6.07, 6.45) is 0.443. The molecule has 0 atom stereocenters. The fraction of sp³-hybridized carbons (Fsp3) is 0.333. The Kier molecular flexibility index (Phi) is 3.78. The van der Waals surface area contributed by atoms with Gasteiger partial charge in [0, 0.05) is 16.7 Å². The number of anilines is 1. The highest BCUT2D eigenvalue weighted by molar-refractivity contribution is 7.15. The van der Waals surface area contributed by atoms with Crippen LogP contribution < -0.4 is 5.73 Å². The molecule has 0 radical (unpaired) electrons. The van der Waals surface area contributed by atoms with Crippen LogP contribution in [0.1, 0.15) is 42.5 Å². The summed E-state index contributed by atoms with van der Waals surface area (Å²) in [5.41, 5.74) is 7.44. The minimum atomic E-state index is -0.365. The Labute approximate surface area is 121 Å². The number of nitriles is 1. The molecule has 0 saturated heterocycles. The lowest BCUT2D eigenvalue weighted by Crippen LogP contribution is -2.14. The molecule has 0 aliphatic heterocycles. The van der Waals surface area contributed by atoms with Gasteiger partial charge in [0.2, 0.25) is 0 Å². The van der Waals surface area contributed by atoms with E-state index in [1.54, 1.807) is 12.1 Å². The molecule has 3 nitrogen and oxygen atoms in total. The number of rotatable bonds is 2. The predicted molar refractivity (Wildman–Crippen MR) is 79.1 cm³/mol. The summed E-state index contributed by atoms with van der Waals surface area (Å²) in [6.45, 7) is 6.17. The molecule has 104 valence electrons. The van der Waals surface area contributed by atoms with E-state index in [2.05, 4.69) is 25.8 Å². The molecule has 2 N–H and O–H groups in total. The Bertz CT molecular complexity index is 677. The van der Waals surface area contributed by atoms with Gasteiger partial charge in [-0.05, 0) is 17.7 Å². The normalized spacial score (nSPS) is 11.3. The van der Waals surface area contributed by atoms with Crippen molar-refractivity contribution in [3.63, 3.8) is 0 Å². The molecule has 0 amide bonds. The van der Waals surface area contributed by atoms with Gasteiger partial charge < -0.3 is 5.73 Å². The molecule has 0 saturated carbocycles. The number of benzene rings is 1. The van der Waals surface area contributed by atoms with E-state index in [-0.39, 0.29) is 11.2 Å². The van der Waals surface area contributed by atoms with Gasteiger partial charge in [-0.1, -0.05) is 26.8 Å². The molecular weight excluding hydrogens is 273 g/mol. The van der Waals surface area contributed by atoms with E-state index in [9.17, 15) is 4.39 Å². The van der Waals surface area contributed by atoms with E-state index >= 15 is 0 Å². The van der Waals surface area contributed by atoms with Crippen molar-refractivity contribution in [2.45, 2.75) is 32.6 Å². The first-order valence-electron chi connectivity index (χ1n) is 6.25. The Morgan fingerprint density at radius 1 is 1.40 bits per heavy atom. The maximum Gasteiger partial charge on any atom is 0.180 e. The number of nitrogens with zero attached hydrogens (tertiary/aromatic N) is 2. The van der Waals surface area contributed by atoms with Crippen molar-refractivity contribution in [2.24, 2.45) is 0 Å². The number of hydrogen-bond donors (Lipinski definition) is 1. The SMILES string of the molecule is CC(C)(C)c1nc(N)sc1Cc1ccc(C#N)cc1F. The van der Waals surface area contributed by atoms with Gasteiger partial charge in [-0.25, -0.2) is 9.37 Å². The van der Waals surface area contributed by atoms with Crippen LogP contribution in [0.15, 0.2) is 18.2 Å². The first-order chi connectivity index (χ1) is 9.31. The Morgan fingerprint density at radius 2 is 2.10 bits per heavy atom. The van der Waals surface area contributed by atoms with Crippen LogP contribution in [-0.4, -0.2) is 4.98 Å². The Morgan fingerprint density at radius 3 is 2.65 bits per heavy atom. The highest BCUT2D eigenvalue weighted by Gasteiger charge is 2.23. The molecular formula is C15H16FN3S. The number of nitrogen functional groups attached to an aromatic ring is 1. The molecule has 0 spiro atoms. The lowest BCUT2D eigenvalue weighted by atomic mass is 9.90. The number of aromatic nitrogens is 1. The largest absolute Gasteiger partial charge is 0.375 e. The zero-order valence-electron chi connectivity index (χ0n) is 11.7. The number of hydrogen-bond acceptors (Lipinski definition) is 4. The van der Waals surface area contributed by atoms with Crippen LogP contribution in [0.4, 0.5) is 9.52 Å². The standard InChI is InChI=1S/C15H16FN3S/c1-15(2,3)13-12(20-14(18)19-13)7-10-5-4-9(8-17)6-11(10)16/h4-6H,7H2,1-3H3,(H2,18,19). The van der Waals surface area contributed by atoms with Crippen molar-refractivity contribution in [2.75, 3.05) is 5.73 Å². The van der Waals surface area contributed by atoms with E-state index in [1.165, 1.54) is 17.4 Å². The van der Waals surface area contributed by atoms with Gasteiger partial charge in [-0.3, -0.25) is 0 Å². The fourth-order valence-electron chi connectivity index (χ4n) is 2.01. The highest BCUT2D eigenvalue weighted by Crippen LogP contribution is 2.32. The first-order valence-corrected chi connectivity index (χ1v) is 7.07. The highest BCUT2D eigenvalue weighted by atomic mass is 32.1. The van der Waals surface area contributed by atoms with E-state index in [4.69, 9.17) is 11.0 Å². The molecule has 20 heavy (non-hydrogen) atoms. The van der Waals surface area contributed by atoms with Gasteiger partial charge in [0.25, 0.3) is 0 Å². The summed E-state index contributed by atoms with van der Waals surface area (Å²) in [7, 11) is 0. The molecule has 1 heterocycles. The van der Waals surface area contributed by atoms with Gasteiger partial charge in [0.05, 0.1) is 17.3 Å². The minimum Gasteiger partial charge on any atom is -0.375 e. The van der Waals surface area contributed by atoms with Gasteiger partial charge in [-0.15, -0.1) is 11.3 Å². The molecule has 1 aromatic carbocycles. The monoisotopic (exact) mass is 289 g/mol. The average Bonchev–Trinajstić information content (AvgIpc) is 2.73. The van der Waals surface area contributed by atoms with Crippen LogP contribution in [-0.2, 0) is 11.8 Å². The van der Waals surface area contributed by atoms with Crippen LogP contribution in [0.3, 0.4) is 0 Å². The van der Waals surface area contributed by atoms with Gasteiger partial charge in [0.15, 0.2) is 5.13 Å². The lowest BCUT2D eigenvalue weighted by Gasteiger charge is -2.17. The van der Waals surface area contributed by atoms with Gasteiger partial charge >= 0.3 is 0 Å². The number of halogens is 1. The molecule has 5 heteroatoms. The van der Waals surface area contributed by atoms with Crippen molar-refractivity contribution in [1.82, 2.24) is 4.98 Å². The van der Waals surface area contributed by atoms with Crippen LogP contribution >= 0.6 is 11.3 Å². The van der Waals surface area contributed by atoms with Gasteiger partial charge in [0.1, 0.15) is 5.82 Å². The summed E-state index contributed by atoms with van der Waals surface area (Å²) in [5.74, 6) is -0.365. The zero-order chi connectivity index (χ0) is 14.9. The fourth-order valence-corrected chi connectivity index (χ4v) is 3.07. The third-order valence-electron chi connectivity index (χ3n) is 2.96. The van der Waals surface area contributed by atoms with Crippen LogP contribution in [0.2, 0.25) is 0 Å². The molecule has 2 aromatic rings. The summed E-state index contributed by atoms with van der Waals surface area (Å²) in [5, 5.41) is 9.25. The summed E-state index contributed by atoms with van der Waals surface area (Å²) in [6, 6.07) is 6.46. The third kappa shape index (κ3) is 2.97. The third-order valence-corrected chi connectivity index (χ3v) is 3.84. The number of thiazole rings is 1. The molecule has 1 aromatic heterocycles. The average molecular weight is 289 g/mol. The quantitative estimate of drug-likeness (QED) is 0.918. The van der Waals surface area contributed by atoms with E-state index in [0.29, 0.717) is 22.7 Å². The van der Waals surface area contributed by atoms with Crippen molar-refractivity contribution in [1.29, 1.82) is 5.26 Å². The lowest BCUT2D eigenvalue weighted by molar-refractivity contribution is 0.566. The molecule has 0 unspecified atom stereocenters. The van der Waals surface area contributed by atoms with Crippen LogP contribution in [0.25, 0.3) is 0 Å². The summed E-state index contributed by atoms with van der Waals surface area (Å²) < 4.78 is 14.0. The maximum atomic E-state index is 14.0. The van der Waals surface area contributed by atoms with Crippen molar-refractivity contribution in [3.05, 3.63) is 45.7 Å². The molecule has 0 fully saturated rings. The van der Waals surface area contributed by atoms with Crippen molar-refractivity contribution >= 4 is 16.5 Å². The first kappa shape index (κ1) is 14.5. The summed E-state index contributed by atoms with van der Waals surface area (Å²) in [4.78, 5) is 5.33. The van der Waals surface area contributed by atoms with Crippen molar-refractivity contribution in [3.8, 4) is 6.07 Å². The van der Waals surface area contributed by atoms with E-state index in [0.717, 1.165) is 10.6 Å². The van der Waals surface area contributed by atoms with E-state index < -0.39 is 0 Å². The second kappa shape index (κ2) is 5.22. The zero-order valence-corrected chi connectivity index (χ0v) is 12.5. The maximum absolute atomic E-state index is 14.0. The number of nitrogens with two attached hydrogens (primary N) is 1. The second-order valence-electron chi connectivity index (χ2n) is 5.67. The Balaban J connectivity index is 2.38. The molecule has 0 aliphatic carbocycles. The second-order valence-corrected chi connectivity index (χ2v) is 6.78. The minimum absolute atomic E-state index is 0.132. The predicted octanol–water partition coefficient (Wildman–Crippen LogP) is 3.62. The van der Waals surface area contributed by atoms with E-state index in [1.807, 2.05) is 6.07 Å². The van der Waals surface area contributed by atoms with Crippen molar-refractivity contribution < 1.29 is 4.39 Å². The molecule has 0 aliphatic rings. The molecule has 0 bridgehead atoms.